The van der Waals surface area contributed by atoms with Gasteiger partial charge in [-0.2, -0.15) is 18.3 Å². The van der Waals surface area contributed by atoms with Crippen LogP contribution in [0.2, 0.25) is 0 Å². The summed E-state index contributed by atoms with van der Waals surface area (Å²) in [7, 11) is 3.50. The number of thioether (sulfide) groups is 1. The smallest absolute Gasteiger partial charge is 0.312 e. The highest BCUT2D eigenvalue weighted by molar-refractivity contribution is 7.99. The van der Waals surface area contributed by atoms with Crippen LogP contribution in [0.1, 0.15) is 17.2 Å². The standard InChI is InChI=1S/C13H15F3N4S/c1-17-11(7-21-12-18-8-19-20(12)2)9-4-3-5-10(6-9)13(14,15)16/h3-6,8,11,17H,7H2,1-2H3. The van der Waals surface area contributed by atoms with Crippen LogP contribution >= 0.6 is 11.8 Å². The quantitative estimate of drug-likeness (QED) is 0.862. The molecule has 1 aromatic heterocycles. The Kier molecular flexibility index (Phi) is 4.89. The van der Waals surface area contributed by atoms with Gasteiger partial charge in [0.15, 0.2) is 5.16 Å². The first-order chi connectivity index (χ1) is 9.91. The van der Waals surface area contributed by atoms with Crippen molar-refractivity contribution in [3.63, 3.8) is 0 Å². The maximum absolute atomic E-state index is 12.8. The molecule has 4 nitrogen and oxygen atoms in total. The second-order valence-corrected chi connectivity index (χ2v) is 5.43. The molecule has 0 fully saturated rings. The number of aromatic nitrogens is 3. The molecular formula is C13H15F3N4S. The minimum absolute atomic E-state index is 0.200. The fourth-order valence-electron chi connectivity index (χ4n) is 1.85. The largest absolute Gasteiger partial charge is 0.416 e. The Morgan fingerprint density at radius 3 is 2.71 bits per heavy atom. The van der Waals surface area contributed by atoms with Gasteiger partial charge in [-0.15, -0.1) is 0 Å². The van der Waals surface area contributed by atoms with Gasteiger partial charge in [-0.25, -0.2) is 9.67 Å². The second kappa shape index (κ2) is 6.48. The van der Waals surface area contributed by atoms with Crippen molar-refractivity contribution in [2.75, 3.05) is 12.8 Å². The first-order valence-electron chi connectivity index (χ1n) is 6.23. The molecule has 0 amide bonds. The van der Waals surface area contributed by atoms with Crippen LogP contribution in [0.5, 0.6) is 0 Å². The Balaban J connectivity index is 2.12. The van der Waals surface area contributed by atoms with Gasteiger partial charge in [0.2, 0.25) is 0 Å². The van der Waals surface area contributed by atoms with Crippen molar-refractivity contribution in [3.8, 4) is 0 Å². The molecule has 1 unspecified atom stereocenters. The molecule has 1 aromatic carbocycles. The van der Waals surface area contributed by atoms with Gasteiger partial charge < -0.3 is 5.32 Å². The number of rotatable bonds is 5. The SMILES string of the molecule is CNC(CSc1ncnn1C)c1cccc(C(F)(F)F)c1. The summed E-state index contributed by atoms with van der Waals surface area (Å²) in [6.45, 7) is 0. The molecule has 114 valence electrons. The van der Waals surface area contributed by atoms with E-state index in [0.29, 0.717) is 11.3 Å². The van der Waals surface area contributed by atoms with Crippen molar-refractivity contribution in [2.45, 2.75) is 17.4 Å². The maximum atomic E-state index is 12.8. The fourth-order valence-corrected chi connectivity index (χ4v) is 2.88. The molecule has 0 saturated heterocycles. The Bertz CT molecular complexity index is 597. The molecule has 0 aliphatic heterocycles. The fraction of sp³-hybridized carbons (Fsp3) is 0.385. The van der Waals surface area contributed by atoms with Gasteiger partial charge >= 0.3 is 6.18 Å². The highest BCUT2D eigenvalue weighted by atomic mass is 32.2. The summed E-state index contributed by atoms with van der Waals surface area (Å²) in [5.74, 6) is 0.560. The number of nitrogens with zero attached hydrogens (tertiary/aromatic N) is 3. The third kappa shape index (κ3) is 3.98. The zero-order chi connectivity index (χ0) is 15.5. The lowest BCUT2D eigenvalue weighted by molar-refractivity contribution is -0.137. The minimum Gasteiger partial charge on any atom is -0.312 e. The zero-order valence-corrected chi connectivity index (χ0v) is 12.4. The average Bonchev–Trinajstić information content (AvgIpc) is 2.84. The van der Waals surface area contributed by atoms with E-state index >= 15 is 0 Å². The van der Waals surface area contributed by atoms with E-state index in [4.69, 9.17) is 0 Å². The molecule has 0 aliphatic carbocycles. The van der Waals surface area contributed by atoms with Crippen LogP contribution in [0.4, 0.5) is 13.2 Å². The van der Waals surface area contributed by atoms with E-state index in [1.807, 2.05) is 0 Å². The van der Waals surface area contributed by atoms with Crippen LogP contribution in [0.25, 0.3) is 0 Å². The van der Waals surface area contributed by atoms with Crippen molar-refractivity contribution in [1.29, 1.82) is 0 Å². The number of alkyl halides is 3. The van der Waals surface area contributed by atoms with Crippen LogP contribution in [0, 0.1) is 0 Å². The van der Waals surface area contributed by atoms with Crippen LogP contribution in [0.15, 0.2) is 35.7 Å². The molecule has 2 rings (SSSR count). The lowest BCUT2D eigenvalue weighted by Gasteiger charge is -2.17. The van der Waals surface area contributed by atoms with E-state index < -0.39 is 11.7 Å². The van der Waals surface area contributed by atoms with Gasteiger partial charge in [0, 0.05) is 18.8 Å². The molecule has 0 aliphatic rings. The summed E-state index contributed by atoms with van der Waals surface area (Å²) >= 11 is 1.44. The number of benzene rings is 1. The third-order valence-corrected chi connectivity index (χ3v) is 4.14. The lowest BCUT2D eigenvalue weighted by atomic mass is 10.1. The van der Waals surface area contributed by atoms with Gasteiger partial charge in [-0.1, -0.05) is 23.9 Å². The lowest BCUT2D eigenvalue weighted by Crippen LogP contribution is -2.19. The Labute approximate surface area is 124 Å². The average molecular weight is 316 g/mol. The Morgan fingerprint density at radius 1 is 1.38 bits per heavy atom. The van der Waals surface area contributed by atoms with Crippen molar-refractivity contribution < 1.29 is 13.2 Å². The first kappa shape index (κ1) is 15.8. The minimum atomic E-state index is -4.33. The molecule has 0 bridgehead atoms. The predicted molar refractivity (Wildman–Crippen MR) is 75.0 cm³/mol. The molecule has 0 saturated carbocycles. The Morgan fingerprint density at radius 2 is 2.14 bits per heavy atom. The van der Waals surface area contributed by atoms with Gasteiger partial charge in [0.05, 0.1) is 5.56 Å². The molecule has 8 heteroatoms. The van der Waals surface area contributed by atoms with Gasteiger partial charge in [0.1, 0.15) is 6.33 Å². The molecule has 2 aromatic rings. The summed E-state index contributed by atoms with van der Waals surface area (Å²) in [5, 5.41) is 7.71. The van der Waals surface area contributed by atoms with Crippen molar-refractivity contribution in [2.24, 2.45) is 7.05 Å². The summed E-state index contributed by atoms with van der Waals surface area (Å²) in [6, 6.07) is 5.17. The van der Waals surface area contributed by atoms with Crippen LogP contribution in [-0.2, 0) is 13.2 Å². The highest BCUT2D eigenvalue weighted by Crippen LogP contribution is 2.31. The van der Waals surface area contributed by atoms with E-state index in [1.165, 1.54) is 30.2 Å². The molecule has 1 atom stereocenters. The summed E-state index contributed by atoms with van der Waals surface area (Å²) in [4.78, 5) is 4.08. The monoisotopic (exact) mass is 316 g/mol. The van der Waals surface area contributed by atoms with E-state index in [0.717, 1.165) is 11.2 Å². The first-order valence-corrected chi connectivity index (χ1v) is 7.21. The van der Waals surface area contributed by atoms with Crippen LogP contribution < -0.4 is 5.32 Å². The van der Waals surface area contributed by atoms with E-state index in [-0.39, 0.29) is 6.04 Å². The number of nitrogens with one attached hydrogen (secondary N) is 1. The summed E-state index contributed by atoms with van der Waals surface area (Å²) < 4.78 is 39.9. The molecular weight excluding hydrogens is 301 g/mol. The van der Waals surface area contributed by atoms with Gasteiger partial charge in [0.25, 0.3) is 0 Å². The molecule has 21 heavy (non-hydrogen) atoms. The van der Waals surface area contributed by atoms with Gasteiger partial charge in [-0.3, -0.25) is 0 Å². The van der Waals surface area contributed by atoms with Crippen LogP contribution in [0.3, 0.4) is 0 Å². The third-order valence-electron chi connectivity index (χ3n) is 3.01. The second-order valence-electron chi connectivity index (χ2n) is 4.44. The summed E-state index contributed by atoms with van der Waals surface area (Å²) in [6.07, 6.45) is -2.88. The molecule has 0 radical (unpaired) electrons. The summed E-state index contributed by atoms with van der Waals surface area (Å²) in [5.41, 5.74) is -0.0362. The normalized spacial score (nSPS) is 13.4. The molecule has 0 spiro atoms. The van der Waals surface area contributed by atoms with E-state index in [1.54, 1.807) is 24.8 Å². The number of aryl methyl sites for hydroxylation is 1. The van der Waals surface area contributed by atoms with Crippen molar-refractivity contribution >= 4 is 11.8 Å². The molecule has 1 N–H and O–H groups in total. The van der Waals surface area contributed by atoms with Gasteiger partial charge in [-0.05, 0) is 24.7 Å². The maximum Gasteiger partial charge on any atom is 0.416 e. The predicted octanol–water partition coefficient (Wildman–Crippen LogP) is 2.89. The van der Waals surface area contributed by atoms with Crippen molar-refractivity contribution in [1.82, 2.24) is 20.1 Å². The highest BCUT2D eigenvalue weighted by Gasteiger charge is 2.30. The Hall–Kier alpha value is -1.54. The van der Waals surface area contributed by atoms with E-state index in [9.17, 15) is 13.2 Å². The topological polar surface area (TPSA) is 42.7 Å². The van der Waals surface area contributed by atoms with E-state index in [2.05, 4.69) is 15.4 Å². The van der Waals surface area contributed by atoms with Crippen molar-refractivity contribution in [3.05, 3.63) is 41.7 Å². The zero-order valence-electron chi connectivity index (χ0n) is 11.6. The van der Waals surface area contributed by atoms with Crippen LogP contribution in [-0.4, -0.2) is 27.6 Å². The number of hydrogen-bond acceptors (Lipinski definition) is 4. The number of halogens is 3. The molecule has 1 heterocycles. The number of hydrogen-bond donors (Lipinski definition) is 1.